The van der Waals surface area contributed by atoms with Crippen molar-refractivity contribution in [2.45, 2.75) is 70.6 Å². The maximum atomic E-state index is 13.6. The number of Topliss-reactive ketones (excluding diaryl/α,β-unsaturated/α-hetero) is 2. The molecule has 4 rings (SSSR count). The minimum Gasteiger partial charge on any atom is -0.299 e. The standard InChI is InChI=1S/C24H30O2/c1-16-11-13-17(14-12-16)21-15-22(25)19-9-5-6-10-20(19)23(21)24(26)18-7-3-2-4-8-18/h7,11-14,19-21,23H,2-6,8-10,15H2,1H3/t19-,20+,21-,23+/m0/s1. The molecule has 2 fully saturated rings. The molecule has 0 saturated heterocycles. The van der Waals surface area contributed by atoms with Crippen molar-refractivity contribution in [3.8, 4) is 0 Å². The Morgan fingerprint density at radius 3 is 2.46 bits per heavy atom. The van der Waals surface area contributed by atoms with Gasteiger partial charge in [-0.3, -0.25) is 9.59 Å². The Bertz CT molecular complexity index is 712. The number of carbonyl (C=O) groups excluding carboxylic acids is 2. The lowest BCUT2D eigenvalue weighted by Gasteiger charge is -2.44. The molecule has 0 radical (unpaired) electrons. The van der Waals surface area contributed by atoms with E-state index < -0.39 is 0 Å². The van der Waals surface area contributed by atoms with Crippen LogP contribution in [0.25, 0.3) is 0 Å². The molecular formula is C24H30O2. The highest BCUT2D eigenvalue weighted by Gasteiger charge is 2.48. The number of ketones is 2. The molecule has 0 spiro atoms. The summed E-state index contributed by atoms with van der Waals surface area (Å²) < 4.78 is 0. The van der Waals surface area contributed by atoms with Gasteiger partial charge in [-0.25, -0.2) is 0 Å². The Balaban J connectivity index is 1.71. The third-order valence-corrected chi connectivity index (χ3v) is 6.96. The molecule has 2 nitrogen and oxygen atoms in total. The van der Waals surface area contributed by atoms with Crippen LogP contribution in [0.15, 0.2) is 35.9 Å². The fraction of sp³-hybridized carbons (Fsp3) is 0.583. The minimum atomic E-state index is 0.00468. The van der Waals surface area contributed by atoms with Crippen LogP contribution in [0.1, 0.15) is 74.8 Å². The molecule has 3 aliphatic rings. The molecule has 2 heteroatoms. The highest BCUT2D eigenvalue weighted by Crippen LogP contribution is 2.50. The second-order valence-electron chi connectivity index (χ2n) is 8.61. The van der Waals surface area contributed by atoms with E-state index in [2.05, 4.69) is 37.3 Å². The van der Waals surface area contributed by atoms with Crippen LogP contribution in [-0.2, 0) is 9.59 Å². The van der Waals surface area contributed by atoms with E-state index in [0.717, 1.165) is 50.5 Å². The van der Waals surface area contributed by atoms with Crippen molar-refractivity contribution in [2.24, 2.45) is 17.8 Å². The van der Waals surface area contributed by atoms with Gasteiger partial charge in [0.05, 0.1) is 0 Å². The highest BCUT2D eigenvalue weighted by atomic mass is 16.1. The molecule has 26 heavy (non-hydrogen) atoms. The first kappa shape index (κ1) is 17.7. The van der Waals surface area contributed by atoms with Gasteiger partial charge >= 0.3 is 0 Å². The normalized spacial score (nSPS) is 31.9. The Morgan fingerprint density at radius 1 is 0.962 bits per heavy atom. The zero-order valence-corrected chi connectivity index (χ0v) is 15.9. The van der Waals surface area contributed by atoms with E-state index in [1.807, 2.05) is 0 Å². The summed E-state index contributed by atoms with van der Waals surface area (Å²) in [5.74, 6) is 1.22. The van der Waals surface area contributed by atoms with Crippen LogP contribution in [0.2, 0.25) is 0 Å². The zero-order chi connectivity index (χ0) is 18.1. The van der Waals surface area contributed by atoms with Gasteiger partial charge in [0.2, 0.25) is 0 Å². The maximum absolute atomic E-state index is 13.6. The number of hydrogen-bond acceptors (Lipinski definition) is 2. The smallest absolute Gasteiger partial charge is 0.162 e. The summed E-state index contributed by atoms with van der Waals surface area (Å²) in [5.41, 5.74) is 3.46. The van der Waals surface area contributed by atoms with Crippen molar-refractivity contribution in [2.75, 3.05) is 0 Å². The van der Waals surface area contributed by atoms with Crippen LogP contribution in [-0.4, -0.2) is 11.6 Å². The summed E-state index contributed by atoms with van der Waals surface area (Å²) >= 11 is 0. The van der Waals surface area contributed by atoms with Gasteiger partial charge in [-0.2, -0.15) is 0 Å². The van der Waals surface area contributed by atoms with E-state index >= 15 is 0 Å². The van der Waals surface area contributed by atoms with Gasteiger partial charge in [-0.1, -0.05) is 48.7 Å². The van der Waals surface area contributed by atoms with Crippen LogP contribution in [0, 0.1) is 24.7 Å². The third kappa shape index (κ3) is 3.31. The van der Waals surface area contributed by atoms with E-state index in [-0.39, 0.29) is 23.7 Å². The van der Waals surface area contributed by atoms with E-state index in [9.17, 15) is 9.59 Å². The first-order valence-electron chi connectivity index (χ1n) is 10.5. The van der Waals surface area contributed by atoms with Crippen molar-refractivity contribution in [1.29, 1.82) is 0 Å². The van der Waals surface area contributed by atoms with E-state index in [1.54, 1.807) is 0 Å². The zero-order valence-electron chi connectivity index (χ0n) is 15.9. The first-order chi connectivity index (χ1) is 12.6. The number of rotatable bonds is 3. The summed E-state index contributed by atoms with van der Waals surface area (Å²) in [5, 5.41) is 0. The number of hydrogen-bond donors (Lipinski definition) is 0. The molecule has 3 aliphatic carbocycles. The van der Waals surface area contributed by atoms with Crippen molar-refractivity contribution in [1.82, 2.24) is 0 Å². The fourth-order valence-corrected chi connectivity index (χ4v) is 5.57. The molecule has 0 heterocycles. The van der Waals surface area contributed by atoms with Crippen molar-refractivity contribution >= 4 is 11.6 Å². The summed E-state index contributed by atoms with van der Waals surface area (Å²) in [6.07, 6.45) is 11.4. The molecule has 1 aromatic carbocycles. The molecule has 0 aromatic heterocycles. The molecule has 0 aliphatic heterocycles. The minimum absolute atomic E-state index is 0.00468. The lowest BCUT2D eigenvalue weighted by atomic mass is 9.57. The van der Waals surface area contributed by atoms with E-state index in [1.165, 1.54) is 17.5 Å². The van der Waals surface area contributed by atoms with Gasteiger partial charge in [0.15, 0.2) is 5.78 Å². The molecule has 0 bridgehead atoms. The van der Waals surface area contributed by atoms with E-state index in [4.69, 9.17) is 0 Å². The fourth-order valence-electron chi connectivity index (χ4n) is 5.57. The van der Waals surface area contributed by atoms with E-state index in [0.29, 0.717) is 18.0 Å². The summed E-state index contributed by atoms with van der Waals surface area (Å²) in [6, 6.07) is 8.53. The Hall–Kier alpha value is -1.70. The number of aryl methyl sites for hydroxylation is 1. The van der Waals surface area contributed by atoms with Crippen LogP contribution in [0.5, 0.6) is 0 Å². The molecule has 138 valence electrons. The predicted octanol–water partition coefficient (Wildman–Crippen LogP) is 5.54. The molecule has 2 saturated carbocycles. The second-order valence-corrected chi connectivity index (χ2v) is 8.61. The van der Waals surface area contributed by atoms with Crippen molar-refractivity contribution in [3.05, 3.63) is 47.0 Å². The lowest BCUT2D eigenvalue weighted by molar-refractivity contribution is -0.136. The van der Waals surface area contributed by atoms with Gasteiger partial charge in [-0.15, -0.1) is 0 Å². The van der Waals surface area contributed by atoms with Gasteiger partial charge in [0, 0.05) is 24.2 Å². The SMILES string of the molecule is Cc1ccc([C@@H]2CC(=O)[C@H]3CCCC[C@H]3[C@H]2C(=O)C2=CCCCC2)cc1. The highest BCUT2D eigenvalue weighted by molar-refractivity contribution is 6.00. The molecule has 0 amide bonds. The first-order valence-corrected chi connectivity index (χ1v) is 10.5. The summed E-state index contributed by atoms with van der Waals surface area (Å²) in [6.45, 7) is 2.09. The Morgan fingerprint density at radius 2 is 1.73 bits per heavy atom. The summed E-state index contributed by atoms with van der Waals surface area (Å²) in [4.78, 5) is 26.5. The quantitative estimate of drug-likeness (QED) is 0.717. The second kappa shape index (κ2) is 7.50. The van der Waals surface area contributed by atoms with Gasteiger partial charge in [-0.05, 0) is 62.5 Å². The van der Waals surface area contributed by atoms with Crippen LogP contribution < -0.4 is 0 Å². The third-order valence-electron chi connectivity index (χ3n) is 6.96. The molecule has 4 atom stereocenters. The van der Waals surface area contributed by atoms with Crippen LogP contribution in [0.4, 0.5) is 0 Å². The Labute approximate surface area is 157 Å². The topological polar surface area (TPSA) is 34.1 Å². The monoisotopic (exact) mass is 350 g/mol. The number of carbonyl (C=O) groups is 2. The molecule has 1 aromatic rings. The molecular weight excluding hydrogens is 320 g/mol. The molecule has 0 unspecified atom stereocenters. The number of allylic oxidation sites excluding steroid dienone is 2. The average Bonchev–Trinajstić information content (AvgIpc) is 2.69. The lowest BCUT2D eigenvalue weighted by Crippen LogP contribution is -2.45. The van der Waals surface area contributed by atoms with Crippen LogP contribution >= 0.6 is 0 Å². The van der Waals surface area contributed by atoms with Crippen LogP contribution in [0.3, 0.4) is 0 Å². The number of fused-ring (bicyclic) bond motifs is 1. The van der Waals surface area contributed by atoms with Crippen molar-refractivity contribution < 1.29 is 9.59 Å². The van der Waals surface area contributed by atoms with Gasteiger partial charge < -0.3 is 0 Å². The maximum Gasteiger partial charge on any atom is 0.162 e. The number of benzene rings is 1. The van der Waals surface area contributed by atoms with Crippen molar-refractivity contribution in [3.63, 3.8) is 0 Å². The average molecular weight is 351 g/mol. The largest absolute Gasteiger partial charge is 0.299 e. The van der Waals surface area contributed by atoms with Gasteiger partial charge in [0.1, 0.15) is 5.78 Å². The Kier molecular flexibility index (Phi) is 5.11. The predicted molar refractivity (Wildman–Crippen MR) is 104 cm³/mol. The molecule has 0 N–H and O–H groups in total. The summed E-state index contributed by atoms with van der Waals surface area (Å²) in [7, 11) is 0. The van der Waals surface area contributed by atoms with Gasteiger partial charge in [0.25, 0.3) is 0 Å².